The van der Waals surface area contributed by atoms with Crippen molar-refractivity contribution in [1.29, 1.82) is 0 Å². The molecule has 62 valence electrons. The zero-order chi connectivity index (χ0) is 8.43. The molecule has 0 heterocycles. The van der Waals surface area contributed by atoms with Gasteiger partial charge in [-0.05, 0) is 12.8 Å². The molecule has 0 spiro atoms. The van der Waals surface area contributed by atoms with Gasteiger partial charge < -0.3 is 16.6 Å². The average molecular weight is 156 g/mol. The van der Waals surface area contributed by atoms with E-state index < -0.39 is 5.97 Å². The van der Waals surface area contributed by atoms with Crippen molar-refractivity contribution in [2.75, 3.05) is 0 Å². The van der Waals surface area contributed by atoms with Crippen LogP contribution in [0, 0.1) is 0 Å². The summed E-state index contributed by atoms with van der Waals surface area (Å²) in [7, 11) is 0. The van der Waals surface area contributed by atoms with Gasteiger partial charge in [-0.25, -0.2) is 4.79 Å². The lowest BCUT2D eigenvalue weighted by atomic mass is 9.92. The van der Waals surface area contributed by atoms with E-state index in [1.165, 1.54) is 0 Å². The van der Waals surface area contributed by atoms with Gasteiger partial charge in [-0.1, -0.05) is 6.08 Å². The van der Waals surface area contributed by atoms with Crippen LogP contribution in [0.2, 0.25) is 0 Å². The molecule has 0 aliphatic heterocycles. The lowest BCUT2D eigenvalue weighted by Gasteiger charge is -2.21. The van der Waals surface area contributed by atoms with Gasteiger partial charge >= 0.3 is 5.97 Å². The molecule has 2 atom stereocenters. The molecular formula is C7H12N2O2. The maximum absolute atomic E-state index is 10.5. The first-order chi connectivity index (χ1) is 5.09. The molecular weight excluding hydrogens is 144 g/mol. The van der Waals surface area contributed by atoms with E-state index in [1.807, 2.05) is 0 Å². The summed E-state index contributed by atoms with van der Waals surface area (Å²) < 4.78 is 0. The van der Waals surface area contributed by atoms with Crippen LogP contribution < -0.4 is 11.5 Å². The molecule has 5 N–H and O–H groups in total. The summed E-state index contributed by atoms with van der Waals surface area (Å²) in [5.74, 6) is -0.907. The van der Waals surface area contributed by atoms with E-state index in [-0.39, 0.29) is 12.1 Å². The third-order valence-electron chi connectivity index (χ3n) is 1.75. The van der Waals surface area contributed by atoms with E-state index in [4.69, 9.17) is 16.6 Å². The van der Waals surface area contributed by atoms with Gasteiger partial charge in [0, 0.05) is 17.7 Å². The van der Waals surface area contributed by atoms with Crippen molar-refractivity contribution in [3.05, 3.63) is 11.6 Å². The molecule has 2 unspecified atom stereocenters. The summed E-state index contributed by atoms with van der Waals surface area (Å²) in [4.78, 5) is 10.5. The number of hydrogen-bond donors (Lipinski definition) is 3. The highest BCUT2D eigenvalue weighted by Gasteiger charge is 2.20. The van der Waals surface area contributed by atoms with Crippen molar-refractivity contribution >= 4 is 5.97 Å². The lowest BCUT2D eigenvalue weighted by Crippen LogP contribution is -2.35. The highest BCUT2D eigenvalue weighted by molar-refractivity contribution is 5.87. The molecule has 4 nitrogen and oxygen atoms in total. The Morgan fingerprint density at radius 1 is 1.64 bits per heavy atom. The lowest BCUT2D eigenvalue weighted by molar-refractivity contribution is -0.133. The van der Waals surface area contributed by atoms with Crippen LogP contribution in [0.3, 0.4) is 0 Å². The third kappa shape index (κ3) is 2.03. The van der Waals surface area contributed by atoms with E-state index in [0.29, 0.717) is 18.4 Å². The van der Waals surface area contributed by atoms with Gasteiger partial charge in [-0.3, -0.25) is 0 Å². The van der Waals surface area contributed by atoms with E-state index in [9.17, 15) is 4.79 Å². The molecule has 0 aromatic rings. The smallest absolute Gasteiger partial charge is 0.331 e. The summed E-state index contributed by atoms with van der Waals surface area (Å²) >= 11 is 0. The Hall–Kier alpha value is -0.870. The van der Waals surface area contributed by atoms with Crippen molar-refractivity contribution in [3.63, 3.8) is 0 Å². The molecule has 0 aromatic carbocycles. The zero-order valence-corrected chi connectivity index (χ0v) is 6.16. The van der Waals surface area contributed by atoms with Crippen LogP contribution in [0.5, 0.6) is 0 Å². The second-order valence-corrected chi connectivity index (χ2v) is 2.86. The molecule has 0 bridgehead atoms. The summed E-state index contributed by atoms with van der Waals surface area (Å²) in [6, 6.07) is -0.286. The van der Waals surface area contributed by atoms with E-state index in [0.717, 1.165) is 0 Å². The van der Waals surface area contributed by atoms with Crippen LogP contribution in [0.1, 0.15) is 12.8 Å². The topological polar surface area (TPSA) is 89.3 Å². The first-order valence-corrected chi connectivity index (χ1v) is 3.54. The predicted molar refractivity (Wildman–Crippen MR) is 40.9 cm³/mol. The minimum absolute atomic E-state index is 0.0962. The van der Waals surface area contributed by atoms with Gasteiger partial charge in [0.1, 0.15) is 0 Å². The Morgan fingerprint density at radius 2 is 2.27 bits per heavy atom. The summed E-state index contributed by atoms with van der Waals surface area (Å²) in [5.41, 5.74) is 11.4. The van der Waals surface area contributed by atoms with Gasteiger partial charge in [0.25, 0.3) is 0 Å². The van der Waals surface area contributed by atoms with Crippen LogP contribution in [0.25, 0.3) is 0 Å². The largest absolute Gasteiger partial charge is 0.478 e. The number of carboxylic acids is 1. The first kappa shape index (κ1) is 8.23. The van der Waals surface area contributed by atoms with Crippen LogP contribution in [0.15, 0.2) is 11.6 Å². The highest BCUT2D eigenvalue weighted by Crippen LogP contribution is 2.15. The quantitative estimate of drug-likeness (QED) is 0.475. The van der Waals surface area contributed by atoms with E-state index in [2.05, 4.69) is 0 Å². The minimum atomic E-state index is -0.907. The predicted octanol–water partition coefficient (Wildman–Crippen LogP) is -0.554. The second-order valence-electron chi connectivity index (χ2n) is 2.86. The van der Waals surface area contributed by atoms with Crippen LogP contribution in [0.4, 0.5) is 0 Å². The summed E-state index contributed by atoms with van der Waals surface area (Å²) in [6.07, 6.45) is 2.69. The summed E-state index contributed by atoms with van der Waals surface area (Å²) in [6.45, 7) is 0. The van der Waals surface area contributed by atoms with Crippen LogP contribution in [-0.2, 0) is 4.79 Å². The maximum atomic E-state index is 10.5. The Balaban J connectivity index is 2.72. The number of carboxylic acid groups (broad SMARTS) is 1. The first-order valence-electron chi connectivity index (χ1n) is 3.54. The fourth-order valence-electron chi connectivity index (χ4n) is 1.27. The van der Waals surface area contributed by atoms with Gasteiger partial charge in [0.15, 0.2) is 0 Å². The highest BCUT2D eigenvalue weighted by atomic mass is 16.4. The van der Waals surface area contributed by atoms with Crippen molar-refractivity contribution in [1.82, 2.24) is 0 Å². The Kier molecular flexibility index (Phi) is 2.26. The molecule has 1 aliphatic carbocycles. The van der Waals surface area contributed by atoms with Gasteiger partial charge in [-0.15, -0.1) is 0 Å². The fraction of sp³-hybridized carbons (Fsp3) is 0.571. The second kappa shape index (κ2) is 3.02. The molecule has 11 heavy (non-hydrogen) atoms. The van der Waals surface area contributed by atoms with Gasteiger partial charge in [0.2, 0.25) is 0 Å². The Labute approximate surface area is 64.9 Å². The van der Waals surface area contributed by atoms with Crippen molar-refractivity contribution in [3.8, 4) is 0 Å². The minimum Gasteiger partial charge on any atom is -0.478 e. The molecule has 0 saturated carbocycles. The van der Waals surface area contributed by atoms with Gasteiger partial charge in [-0.2, -0.15) is 0 Å². The Bertz CT molecular complexity index is 201. The van der Waals surface area contributed by atoms with E-state index in [1.54, 1.807) is 6.08 Å². The fourth-order valence-corrected chi connectivity index (χ4v) is 1.27. The number of aliphatic carboxylic acids is 1. The molecule has 0 radical (unpaired) electrons. The van der Waals surface area contributed by atoms with Crippen molar-refractivity contribution in [2.24, 2.45) is 11.5 Å². The van der Waals surface area contributed by atoms with E-state index >= 15 is 0 Å². The average Bonchev–Trinajstić information content (AvgIpc) is 1.85. The third-order valence-corrected chi connectivity index (χ3v) is 1.75. The standard InChI is InChI=1S/C7H12N2O2/c8-5-1-4(7(10)11)2-6(9)3-5/h1,5-6H,2-3,8-9H2,(H,10,11). The molecule has 1 aliphatic rings. The monoisotopic (exact) mass is 156 g/mol. The number of nitrogens with two attached hydrogens (primary N) is 2. The molecule has 0 aromatic heterocycles. The number of hydrogen-bond acceptors (Lipinski definition) is 3. The molecule has 0 amide bonds. The SMILES string of the molecule is NC1C=C(C(=O)O)CC(N)C1. The molecule has 1 rings (SSSR count). The molecule has 0 saturated heterocycles. The molecule has 0 fully saturated rings. The normalized spacial score (nSPS) is 31.3. The number of carbonyl (C=O) groups is 1. The zero-order valence-electron chi connectivity index (χ0n) is 6.16. The maximum Gasteiger partial charge on any atom is 0.331 e. The van der Waals surface area contributed by atoms with Crippen LogP contribution in [-0.4, -0.2) is 23.2 Å². The van der Waals surface area contributed by atoms with Gasteiger partial charge in [0.05, 0.1) is 0 Å². The summed E-state index contributed by atoms with van der Waals surface area (Å²) in [5, 5.41) is 8.59. The number of rotatable bonds is 1. The Morgan fingerprint density at radius 3 is 2.73 bits per heavy atom. The van der Waals surface area contributed by atoms with Crippen LogP contribution >= 0.6 is 0 Å². The molecule has 4 heteroatoms. The van der Waals surface area contributed by atoms with Crippen molar-refractivity contribution < 1.29 is 9.90 Å². The van der Waals surface area contributed by atoms with Crippen molar-refractivity contribution in [2.45, 2.75) is 24.9 Å².